The summed E-state index contributed by atoms with van der Waals surface area (Å²) in [6, 6.07) is 8.23. The summed E-state index contributed by atoms with van der Waals surface area (Å²) in [5.74, 6) is -1.24. The molecule has 1 heterocycles. The van der Waals surface area contributed by atoms with Gasteiger partial charge in [-0.3, -0.25) is 9.59 Å². The third-order valence-electron chi connectivity index (χ3n) is 3.23. The van der Waals surface area contributed by atoms with E-state index >= 15 is 0 Å². The van der Waals surface area contributed by atoms with Crippen LogP contribution in [0.15, 0.2) is 30.3 Å². The Morgan fingerprint density at radius 3 is 2.54 bits per heavy atom. The van der Waals surface area contributed by atoms with Crippen molar-refractivity contribution < 1.29 is 19.1 Å². The average molecular weight is 346 g/mol. The van der Waals surface area contributed by atoms with E-state index in [-0.39, 0.29) is 5.91 Å². The molecule has 7 heteroatoms. The van der Waals surface area contributed by atoms with Gasteiger partial charge in [-0.1, -0.05) is 6.07 Å². The van der Waals surface area contributed by atoms with E-state index in [1.54, 1.807) is 30.3 Å². The first-order chi connectivity index (χ1) is 11.4. The van der Waals surface area contributed by atoms with Gasteiger partial charge >= 0.3 is 5.97 Å². The lowest BCUT2D eigenvalue weighted by atomic mass is 10.2. The highest BCUT2D eigenvalue weighted by molar-refractivity contribution is 7.12. The van der Waals surface area contributed by atoms with Crippen LogP contribution < -0.4 is 10.6 Å². The first-order valence-electron chi connectivity index (χ1n) is 7.27. The van der Waals surface area contributed by atoms with E-state index in [4.69, 9.17) is 4.74 Å². The summed E-state index contributed by atoms with van der Waals surface area (Å²) in [5, 5.41) is 5.10. The summed E-state index contributed by atoms with van der Waals surface area (Å²) in [4.78, 5) is 37.3. The lowest BCUT2D eigenvalue weighted by Gasteiger charge is -2.08. The van der Waals surface area contributed by atoms with Crippen LogP contribution in [-0.4, -0.2) is 31.4 Å². The number of aryl methyl sites for hydroxylation is 2. The van der Waals surface area contributed by atoms with Crippen LogP contribution in [0.2, 0.25) is 0 Å². The van der Waals surface area contributed by atoms with Gasteiger partial charge in [0.25, 0.3) is 11.8 Å². The second-order valence-corrected chi connectivity index (χ2v) is 6.57. The lowest BCUT2D eigenvalue weighted by molar-refractivity contribution is -0.119. The maximum absolute atomic E-state index is 12.0. The van der Waals surface area contributed by atoms with Gasteiger partial charge in [0, 0.05) is 28.1 Å². The monoisotopic (exact) mass is 346 g/mol. The van der Waals surface area contributed by atoms with Crippen LogP contribution in [0.1, 0.15) is 30.5 Å². The Morgan fingerprint density at radius 2 is 1.92 bits per heavy atom. The zero-order valence-corrected chi connectivity index (χ0v) is 14.5. The third-order valence-corrected chi connectivity index (χ3v) is 4.20. The summed E-state index contributed by atoms with van der Waals surface area (Å²) in [6.07, 6.45) is 0. The van der Waals surface area contributed by atoms with Gasteiger partial charge < -0.3 is 15.4 Å². The number of rotatable bonds is 5. The first-order valence-corrected chi connectivity index (χ1v) is 8.08. The number of benzene rings is 1. The van der Waals surface area contributed by atoms with Crippen molar-refractivity contribution in [2.45, 2.75) is 13.8 Å². The molecule has 0 bridgehead atoms. The van der Waals surface area contributed by atoms with Gasteiger partial charge in [0.2, 0.25) is 0 Å². The van der Waals surface area contributed by atoms with E-state index < -0.39 is 18.5 Å². The van der Waals surface area contributed by atoms with Gasteiger partial charge in [-0.25, -0.2) is 4.79 Å². The smallest absolute Gasteiger partial charge is 0.339 e. The van der Waals surface area contributed by atoms with Gasteiger partial charge in [-0.2, -0.15) is 0 Å². The number of carbonyl (C=O) groups excluding carboxylic acids is 3. The van der Waals surface area contributed by atoms with Crippen molar-refractivity contribution in [1.82, 2.24) is 5.32 Å². The van der Waals surface area contributed by atoms with E-state index in [9.17, 15) is 14.4 Å². The van der Waals surface area contributed by atoms with E-state index in [2.05, 4.69) is 10.6 Å². The van der Waals surface area contributed by atoms with Crippen molar-refractivity contribution in [2.75, 3.05) is 19.0 Å². The number of anilines is 1. The van der Waals surface area contributed by atoms with E-state index in [0.717, 1.165) is 9.75 Å². The first kappa shape index (κ1) is 17.7. The van der Waals surface area contributed by atoms with E-state index in [1.165, 1.54) is 18.4 Å². The number of esters is 1. The molecular weight excluding hydrogens is 328 g/mol. The molecule has 0 aliphatic rings. The molecule has 0 saturated carbocycles. The van der Waals surface area contributed by atoms with Crippen LogP contribution in [0.25, 0.3) is 0 Å². The summed E-state index contributed by atoms with van der Waals surface area (Å²) < 4.78 is 5.03. The zero-order chi connectivity index (χ0) is 17.7. The maximum Gasteiger partial charge on any atom is 0.339 e. The molecular formula is C17H18N2O4S. The number of hydrogen-bond acceptors (Lipinski definition) is 5. The highest BCUT2D eigenvalue weighted by Crippen LogP contribution is 2.21. The summed E-state index contributed by atoms with van der Waals surface area (Å²) in [7, 11) is 1.53. The number of carbonyl (C=O) groups is 3. The number of ether oxygens (including phenoxy) is 1. The fourth-order valence-electron chi connectivity index (χ4n) is 2.12. The normalized spacial score (nSPS) is 10.1. The second kappa shape index (κ2) is 7.74. The Kier molecular flexibility index (Phi) is 5.70. The molecule has 0 unspecified atom stereocenters. The third kappa shape index (κ3) is 4.42. The Hall–Kier alpha value is -2.67. The standard InChI is InChI=1S/C17H18N2O4S/c1-10-7-14(11(2)24-10)17(22)23-9-15(20)19-13-6-4-5-12(8-13)16(21)18-3/h4-8H,9H2,1-3H3,(H,18,21)(H,19,20). The van der Waals surface area contributed by atoms with Crippen LogP contribution >= 0.6 is 11.3 Å². The van der Waals surface area contributed by atoms with Crippen molar-refractivity contribution >= 4 is 34.8 Å². The minimum absolute atomic E-state index is 0.249. The molecule has 0 spiro atoms. The molecule has 0 saturated heterocycles. The minimum Gasteiger partial charge on any atom is -0.452 e. The molecule has 126 valence electrons. The van der Waals surface area contributed by atoms with E-state index in [1.807, 2.05) is 13.8 Å². The Balaban J connectivity index is 1.93. The van der Waals surface area contributed by atoms with Crippen molar-refractivity contribution in [1.29, 1.82) is 0 Å². The molecule has 0 radical (unpaired) electrons. The molecule has 0 fully saturated rings. The fourth-order valence-corrected chi connectivity index (χ4v) is 3.03. The number of amides is 2. The molecule has 0 atom stereocenters. The van der Waals surface area contributed by atoms with Gasteiger partial charge in [0.1, 0.15) is 0 Å². The minimum atomic E-state index is -0.522. The Morgan fingerprint density at radius 1 is 1.17 bits per heavy atom. The van der Waals surface area contributed by atoms with Crippen LogP contribution in [0.4, 0.5) is 5.69 Å². The van der Waals surface area contributed by atoms with Crippen LogP contribution in [0.3, 0.4) is 0 Å². The van der Waals surface area contributed by atoms with Crippen molar-refractivity contribution in [3.05, 3.63) is 51.2 Å². The highest BCUT2D eigenvalue weighted by atomic mass is 32.1. The molecule has 0 aliphatic carbocycles. The summed E-state index contributed by atoms with van der Waals surface area (Å²) in [6.45, 7) is 3.34. The predicted octanol–water partition coefficient (Wildman–Crippen LogP) is 2.52. The van der Waals surface area contributed by atoms with Gasteiger partial charge in [-0.15, -0.1) is 11.3 Å². The van der Waals surface area contributed by atoms with Crippen molar-refractivity contribution in [3.63, 3.8) is 0 Å². The quantitative estimate of drug-likeness (QED) is 0.815. The number of hydrogen-bond donors (Lipinski definition) is 2. The Bertz CT molecular complexity index is 783. The topological polar surface area (TPSA) is 84.5 Å². The molecule has 1 aromatic heterocycles. The van der Waals surface area contributed by atoms with Crippen LogP contribution in [-0.2, 0) is 9.53 Å². The van der Waals surface area contributed by atoms with Crippen molar-refractivity contribution in [2.24, 2.45) is 0 Å². The number of nitrogens with one attached hydrogen (secondary N) is 2. The predicted molar refractivity (Wildman–Crippen MR) is 92.5 cm³/mol. The molecule has 0 aliphatic heterocycles. The maximum atomic E-state index is 12.0. The second-order valence-electron chi connectivity index (χ2n) is 5.11. The van der Waals surface area contributed by atoms with E-state index in [0.29, 0.717) is 16.8 Å². The highest BCUT2D eigenvalue weighted by Gasteiger charge is 2.15. The van der Waals surface area contributed by atoms with Gasteiger partial charge in [-0.05, 0) is 38.1 Å². The summed E-state index contributed by atoms with van der Waals surface area (Å²) in [5.41, 5.74) is 1.36. The fraction of sp³-hybridized carbons (Fsp3) is 0.235. The summed E-state index contributed by atoms with van der Waals surface area (Å²) >= 11 is 1.50. The molecule has 6 nitrogen and oxygen atoms in total. The van der Waals surface area contributed by atoms with Gasteiger partial charge in [0.05, 0.1) is 5.56 Å². The van der Waals surface area contributed by atoms with Crippen LogP contribution in [0.5, 0.6) is 0 Å². The molecule has 2 rings (SSSR count). The van der Waals surface area contributed by atoms with Crippen molar-refractivity contribution in [3.8, 4) is 0 Å². The lowest BCUT2D eigenvalue weighted by Crippen LogP contribution is -2.22. The zero-order valence-electron chi connectivity index (χ0n) is 13.6. The SMILES string of the molecule is CNC(=O)c1cccc(NC(=O)COC(=O)c2cc(C)sc2C)c1. The molecule has 24 heavy (non-hydrogen) atoms. The molecule has 2 amide bonds. The largest absolute Gasteiger partial charge is 0.452 e. The average Bonchev–Trinajstić information content (AvgIpc) is 2.90. The Labute approximate surface area is 143 Å². The number of thiophene rings is 1. The molecule has 2 aromatic rings. The molecule has 2 N–H and O–H groups in total. The van der Waals surface area contributed by atoms with Crippen LogP contribution in [0, 0.1) is 13.8 Å². The molecule has 1 aromatic carbocycles. The van der Waals surface area contributed by atoms with Gasteiger partial charge in [0.15, 0.2) is 6.61 Å².